The Morgan fingerprint density at radius 2 is 2.29 bits per heavy atom. The number of carbonyl (C=O) groups excluding carboxylic acids is 1. The number of hydrogen-bond donors (Lipinski definition) is 2. The van der Waals surface area contributed by atoms with Gasteiger partial charge in [-0.15, -0.1) is 11.3 Å². The van der Waals surface area contributed by atoms with E-state index in [0.717, 1.165) is 22.7 Å². The summed E-state index contributed by atoms with van der Waals surface area (Å²) in [5.74, 6) is -1.06. The van der Waals surface area contributed by atoms with E-state index in [0.29, 0.717) is 18.7 Å². The molecule has 1 aliphatic heterocycles. The first-order valence-electron chi connectivity index (χ1n) is 7.82. The summed E-state index contributed by atoms with van der Waals surface area (Å²) in [5, 5.41) is 15.0. The highest BCUT2D eigenvalue weighted by atomic mass is 32.1. The van der Waals surface area contributed by atoms with Gasteiger partial charge in [0.2, 0.25) is 5.91 Å². The van der Waals surface area contributed by atoms with Gasteiger partial charge in [-0.1, -0.05) is 12.1 Å². The van der Waals surface area contributed by atoms with E-state index in [1.54, 1.807) is 16.2 Å². The molecule has 24 heavy (non-hydrogen) atoms. The van der Waals surface area contributed by atoms with E-state index in [9.17, 15) is 14.7 Å². The van der Waals surface area contributed by atoms with E-state index in [1.165, 1.54) is 0 Å². The van der Waals surface area contributed by atoms with Crippen molar-refractivity contribution in [2.24, 2.45) is 0 Å². The number of carboxylic acid groups (broad SMARTS) is 1. The Kier molecular flexibility index (Phi) is 4.92. The number of hydrogen-bond acceptors (Lipinski definition) is 5. The molecular formula is C17H19N3O3S. The fourth-order valence-electron chi connectivity index (χ4n) is 2.93. The largest absolute Gasteiger partial charge is 0.480 e. The molecule has 0 radical (unpaired) electrons. The van der Waals surface area contributed by atoms with Gasteiger partial charge < -0.3 is 10.4 Å². The number of aryl methyl sites for hydroxylation is 1. The smallest absolute Gasteiger partial charge is 0.320 e. The van der Waals surface area contributed by atoms with Crippen LogP contribution in [0.2, 0.25) is 0 Å². The normalized spacial score (nSPS) is 17.8. The summed E-state index contributed by atoms with van der Waals surface area (Å²) in [6, 6.07) is 6.96. The first-order valence-corrected chi connectivity index (χ1v) is 8.70. The molecule has 0 spiro atoms. The molecule has 0 saturated carbocycles. The third-order valence-corrected chi connectivity index (χ3v) is 4.83. The lowest BCUT2D eigenvalue weighted by Crippen LogP contribution is -2.40. The number of carboxylic acids is 1. The number of likely N-dealkylation sites (tertiary alicyclic amines) is 1. The second kappa shape index (κ2) is 7.11. The predicted molar refractivity (Wildman–Crippen MR) is 93.1 cm³/mol. The van der Waals surface area contributed by atoms with Gasteiger partial charge in [-0.25, -0.2) is 4.98 Å². The van der Waals surface area contributed by atoms with Crippen molar-refractivity contribution in [1.82, 2.24) is 9.88 Å². The van der Waals surface area contributed by atoms with E-state index in [-0.39, 0.29) is 12.5 Å². The zero-order valence-corrected chi connectivity index (χ0v) is 14.2. The van der Waals surface area contributed by atoms with Crippen LogP contribution in [0.25, 0.3) is 11.3 Å². The van der Waals surface area contributed by atoms with Crippen molar-refractivity contribution in [1.29, 1.82) is 0 Å². The van der Waals surface area contributed by atoms with Crippen LogP contribution >= 0.6 is 11.3 Å². The Labute approximate surface area is 144 Å². The number of aromatic nitrogens is 1. The van der Waals surface area contributed by atoms with Gasteiger partial charge in [0.25, 0.3) is 0 Å². The molecule has 1 fully saturated rings. The van der Waals surface area contributed by atoms with Crippen molar-refractivity contribution in [3.8, 4) is 11.3 Å². The highest BCUT2D eigenvalue weighted by Crippen LogP contribution is 2.24. The molecule has 1 aromatic heterocycles. The Morgan fingerprint density at radius 3 is 3.00 bits per heavy atom. The third-order valence-electron chi connectivity index (χ3n) is 4.06. The number of rotatable bonds is 5. The molecule has 6 nitrogen and oxygen atoms in total. The standard InChI is InChI=1S/C17H19N3O3S/c1-11-18-14(10-24-11)12-4-2-5-13(8-12)19-16(21)9-20-7-3-6-15(20)17(22)23/h2,4-5,8,10,15H,3,6-7,9H2,1H3,(H,19,21)(H,22,23). The monoisotopic (exact) mass is 345 g/mol. The Balaban J connectivity index is 1.65. The van der Waals surface area contributed by atoms with Crippen LogP contribution in [0.3, 0.4) is 0 Å². The molecule has 7 heteroatoms. The molecule has 1 aromatic carbocycles. The number of amides is 1. The molecule has 1 amide bonds. The van der Waals surface area contributed by atoms with Gasteiger partial charge >= 0.3 is 5.97 Å². The quantitative estimate of drug-likeness (QED) is 0.870. The Morgan fingerprint density at radius 1 is 1.46 bits per heavy atom. The average Bonchev–Trinajstić information content (AvgIpc) is 3.16. The van der Waals surface area contributed by atoms with Crippen molar-refractivity contribution >= 4 is 28.9 Å². The lowest BCUT2D eigenvalue weighted by Gasteiger charge is -2.20. The molecular weight excluding hydrogens is 326 g/mol. The van der Waals surface area contributed by atoms with Crippen LogP contribution < -0.4 is 5.32 Å². The van der Waals surface area contributed by atoms with E-state index in [4.69, 9.17) is 0 Å². The zero-order valence-electron chi connectivity index (χ0n) is 13.4. The molecule has 2 heterocycles. The van der Waals surface area contributed by atoms with Gasteiger partial charge in [-0.2, -0.15) is 0 Å². The number of anilines is 1. The minimum atomic E-state index is -0.860. The minimum Gasteiger partial charge on any atom is -0.480 e. The number of carbonyl (C=O) groups is 2. The molecule has 1 saturated heterocycles. The summed E-state index contributed by atoms with van der Waals surface area (Å²) in [4.78, 5) is 29.6. The summed E-state index contributed by atoms with van der Waals surface area (Å²) in [5.41, 5.74) is 2.52. The maximum absolute atomic E-state index is 12.2. The van der Waals surface area contributed by atoms with Crippen LogP contribution in [-0.2, 0) is 9.59 Å². The topological polar surface area (TPSA) is 82.5 Å². The zero-order chi connectivity index (χ0) is 17.1. The fourth-order valence-corrected chi connectivity index (χ4v) is 3.55. The highest BCUT2D eigenvalue weighted by Gasteiger charge is 2.31. The molecule has 2 aromatic rings. The Hall–Kier alpha value is -2.25. The van der Waals surface area contributed by atoms with Crippen molar-refractivity contribution in [3.05, 3.63) is 34.7 Å². The van der Waals surface area contributed by atoms with E-state index in [1.807, 2.05) is 36.6 Å². The second-order valence-electron chi connectivity index (χ2n) is 5.85. The van der Waals surface area contributed by atoms with Gasteiger partial charge in [0, 0.05) is 16.6 Å². The first-order chi connectivity index (χ1) is 11.5. The fraction of sp³-hybridized carbons (Fsp3) is 0.353. The minimum absolute atomic E-state index is 0.0942. The highest BCUT2D eigenvalue weighted by molar-refractivity contribution is 7.09. The van der Waals surface area contributed by atoms with Gasteiger partial charge in [0.1, 0.15) is 6.04 Å². The summed E-state index contributed by atoms with van der Waals surface area (Å²) in [7, 11) is 0. The number of thiazole rings is 1. The molecule has 1 unspecified atom stereocenters. The van der Waals surface area contributed by atoms with Crippen molar-refractivity contribution in [3.63, 3.8) is 0 Å². The van der Waals surface area contributed by atoms with Crippen molar-refractivity contribution < 1.29 is 14.7 Å². The number of aliphatic carboxylic acids is 1. The SMILES string of the molecule is Cc1nc(-c2cccc(NC(=O)CN3CCCC3C(=O)O)c2)cs1. The molecule has 0 aliphatic carbocycles. The summed E-state index contributed by atoms with van der Waals surface area (Å²) in [6.07, 6.45) is 1.41. The van der Waals surface area contributed by atoms with E-state index in [2.05, 4.69) is 10.3 Å². The van der Waals surface area contributed by atoms with Crippen molar-refractivity contribution in [2.75, 3.05) is 18.4 Å². The van der Waals surface area contributed by atoms with Gasteiger partial charge in [-0.05, 0) is 38.4 Å². The maximum Gasteiger partial charge on any atom is 0.320 e. The van der Waals surface area contributed by atoms with Gasteiger partial charge in [-0.3, -0.25) is 14.5 Å². The van der Waals surface area contributed by atoms with Gasteiger partial charge in [0.05, 0.1) is 17.2 Å². The molecule has 126 valence electrons. The molecule has 1 atom stereocenters. The summed E-state index contributed by atoms with van der Waals surface area (Å²) in [6.45, 7) is 2.69. The molecule has 2 N–H and O–H groups in total. The predicted octanol–water partition coefficient (Wildman–Crippen LogP) is 2.61. The first kappa shape index (κ1) is 16.6. The summed E-state index contributed by atoms with van der Waals surface area (Å²) < 4.78 is 0. The summed E-state index contributed by atoms with van der Waals surface area (Å²) >= 11 is 1.58. The second-order valence-corrected chi connectivity index (χ2v) is 6.91. The van der Waals surface area contributed by atoms with Crippen LogP contribution in [0, 0.1) is 6.92 Å². The van der Waals surface area contributed by atoms with Gasteiger partial charge in [0.15, 0.2) is 0 Å². The number of nitrogens with zero attached hydrogens (tertiary/aromatic N) is 2. The van der Waals surface area contributed by atoms with E-state index < -0.39 is 12.0 Å². The number of benzene rings is 1. The van der Waals surface area contributed by atoms with E-state index >= 15 is 0 Å². The van der Waals surface area contributed by atoms with Crippen LogP contribution in [0.1, 0.15) is 17.8 Å². The third kappa shape index (κ3) is 3.80. The molecule has 1 aliphatic rings. The molecule has 0 bridgehead atoms. The van der Waals surface area contributed by atoms with Crippen molar-refractivity contribution in [2.45, 2.75) is 25.8 Å². The average molecular weight is 345 g/mol. The van der Waals surface area contributed by atoms with Crippen LogP contribution in [0.15, 0.2) is 29.6 Å². The maximum atomic E-state index is 12.2. The Bertz CT molecular complexity index is 759. The van der Waals surface area contributed by atoms with Crippen LogP contribution in [0.5, 0.6) is 0 Å². The van der Waals surface area contributed by atoms with Crippen LogP contribution in [-0.4, -0.2) is 46.0 Å². The molecule has 3 rings (SSSR count). The van der Waals surface area contributed by atoms with Crippen LogP contribution in [0.4, 0.5) is 5.69 Å². The lowest BCUT2D eigenvalue weighted by molar-refractivity contribution is -0.142. The lowest BCUT2D eigenvalue weighted by atomic mass is 10.1. The number of nitrogens with one attached hydrogen (secondary N) is 1.